The lowest BCUT2D eigenvalue weighted by molar-refractivity contribution is -0.124. The highest BCUT2D eigenvalue weighted by Crippen LogP contribution is 2.28. The molecule has 23 heavy (non-hydrogen) atoms. The van der Waals surface area contributed by atoms with Crippen molar-refractivity contribution in [3.8, 4) is 0 Å². The lowest BCUT2D eigenvalue weighted by Crippen LogP contribution is -2.26. The highest BCUT2D eigenvalue weighted by atomic mass is 16.5. The van der Waals surface area contributed by atoms with Gasteiger partial charge in [0.1, 0.15) is 18.2 Å². The molecule has 6 nitrogen and oxygen atoms in total. The van der Waals surface area contributed by atoms with Gasteiger partial charge in [-0.1, -0.05) is 0 Å². The molecular weight excluding hydrogens is 292 g/mol. The van der Waals surface area contributed by atoms with Crippen LogP contribution in [0.3, 0.4) is 0 Å². The fourth-order valence-corrected chi connectivity index (χ4v) is 3.31. The van der Waals surface area contributed by atoms with Crippen molar-refractivity contribution in [1.82, 2.24) is 9.97 Å². The molecule has 2 fully saturated rings. The first-order valence-electron chi connectivity index (χ1n) is 8.23. The molecule has 0 bridgehead atoms. The van der Waals surface area contributed by atoms with E-state index < -0.39 is 0 Å². The van der Waals surface area contributed by atoms with Crippen molar-refractivity contribution in [1.29, 1.82) is 0 Å². The summed E-state index contributed by atoms with van der Waals surface area (Å²) in [5.41, 5.74) is 1.61. The highest BCUT2D eigenvalue weighted by molar-refractivity contribution is 5.98. The lowest BCUT2D eigenvalue weighted by atomic mass is 10.2. The van der Waals surface area contributed by atoms with Gasteiger partial charge in [-0.15, -0.1) is 0 Å². The summed E-state index contributed by atoms with van der Waals surface area (Å²) in [4.78, 5) is 23.3. The molecule has 6 heteroatoms. The van der Waals surface area contributed by atoms with E-state index in [2.05, 4.69) is 20.2 Å². The van der Waals surface area contributed by atoms with E-state index in [1.54, 1.807) is 6.33 Å². The standard InChI is InChI=1S/C17H20N4O2/c22-17(15-4-3-9-23-15)20-12-5-6-13-14(10-12)18-11-19-16(13)21-7-1-2-8-21/h5-6,10-11,15H,1-4,7-9H2,(H,20,22). The molecule has 2 aromatic rings. The number of nitrogens with one attached hydrogen (secondary N) is 1. The van der Waals surface area contributed by atoms with Crippen molar-refractivity contribution in [2.75, 3.05) is 29.9 Å². The molecule has 4 rings (SSSR count). The quantitative estimate of drug-likeness (QED) is 0.942. The van der Waals surface area contributed by atoms with Gasteiger partial charge in [0.25, 0.3) is 5.91 Å². The molecule has 0 saturated carbocycles. The topological polar surface area (TPSA) is 67.4 Å². The van der Waals surface area contributed by atoms with Crippen LogP contribution in [0.15, 0.2) is 24.5 Å². The van der Waals surface area contributed by atoms with Crippen LogP contribution in [0, 0.1) is 0 Å². The minimum atomic E-state index is -0.323. The molecule has 1 unspecified atom stereocenters. The largest absolute Gasteiger partial charge is 0.368 e. The van der Waals surface area contributed by atoms with E-state index in [4.69, 9.17) is 4.74 Å². The minimum Gasteiger partial charge on any atom is -0.368 e. The van der Waals surface area contributed by atoms with Crippen LogP contribution >= 0.6 is 0 Å². The zero-order valence-corrected chi connectivity index (χ0v) is 13.0. The van der Waals surface area contributed by atoms with Crippen LogP contribution in [-0.4, -0.2) is 41.7 Å². The molecule has 3 heterocycles. The number of aromatic nitrogens is 2. The monoisotopic (exact) mass is 312 g/mol. The van der Waals surface area contributed by atoms with Crippen LogP contribution in [-0.2, 0) is 9.53 Å². The van der Waals surface area contributed by atoms with Crippen molar-refractivity contribution >= 4 is 28.3 Å². The molecule has 2 aliphatic rings. The zero-order chi connectivity index (χ0) is 15.6. The summed E-state index contributed by atoms with van der Waals surface area (Å²) in [6.45, 7) is 2.76. The van der Waals surface area contributed by atoms with Crippen LogP contribution < -0.4 is 10.2 Å². The second-order valence-corrected chi connectivity index (χ2v) is 6.11. The Kier molecular flexibility index (Phi) is 3.83. The molecule has 2 aliphatic heterocycles. The van der Waals surface area contributed by atoms with Gasteiger partial charge in [0, 0.05) is 30.8 Å². The number of rotatable bonds is 3. The van der Waals surface area contributed by atoms with Gasteiger partial charge in [-0.2, -0.15) is 0 Å². The average molecular weight is 312 g/mol. The molecule has 1 aromatic heterocycles. The summed E-state index contributed by atoms with van der Waals surface area (Å²) < 4.78 is 5.42. The van der Waals surface area contributed by atoms with Crippen molar-refractivity contribution in [3.05, 3.63) is 24.5 Å². The van der Waals surface area contributed by atoms with Gasteiger partial charge in [0.15, 0.2) is 0 Å². The Morgan fingerprint density at radius 3 is 2.87 bits per heavy atom. The fraction of sp³-hybridized carbons (Fsp3) is 0.471. The predicted molar refractivity (Wildman–Crippen MR) is 88.6 cm³/mol. The van der Waals surface area contributed by atoms with Crippen molar-refractivity contribution < 1.29 is 9.53 Å². The van der Waals surface area contributed by atoms with Gasteiger partial charge in [-0.3, -0.25) is 4.79 Å². The maximum atomic E-state index is 12.1. The molecular formula is C17H20N4O2. The van der Waals surface area contributed by atoms with Gasteiger partial charge in [-0.05, 0) is 43.9 Å². The van der Waals surface area contributed by atoms with E-state index in [1.807, 2.05) is 18.2 Å². The van der Waals surface area contributed by atoms with E-state index in [0.29, 0.717) is 6.61 Å². The van der Waals surface area contributed by atoms with E-state index in [1.165, 1.54) is 12.8 Å². The summed E-state index contributed by atoms with van der Waals surface area (Å²) >= 11 is 0. The number of amides is 1. The molecule has 0 aliphatic carbocycles. The van der Waals surface area contributed by atoms with Crippen molar-refractivity contribution in [2.24, 2.45) is 0 Å². The molecule has 2 saturated heterocycles. The Bertz CT molecular complexity index is 722. The van der Waals surface area contributed by atoms with Gasteiger partial charge in [-0.25, -0.2) is 9.97 Å². The Morgan fingerprint density at radius 2 is 2.09 bits per heavy atom. The first kappa shape index (κ1) is 14.4. The van der Waals surface area contributed by atoms with Crippen molar-refractivity contribution in [2.45, 2.75) is 31.8 Å². The Morgan fingerprint density at radius 1 is 1.22 bits per heavy atom. The summed E-state index contributed by atoms with van der Waals surface area (Å²) in [6.07, 6.45) is 5.43. The smallest absolute Gasteiger partial charge is 0.253 e. The number of ether oxygens (including phenoxy) is 1. The number of benzene rings is 1. The lowest BCUT2D eigenvalue weighted by Gasteiger charge is -2.18. The Labute approximate surface area is 134 Å². The molecule has 1 amide bonds. The maximum Gasteiger partial charge on any atom is 0.253 e. The second-order valence-electron chi connectivity index (χ2n) is 6.11. The summed E-state index contributed by atoms with van der Waals surface area (Å²) in [5.74, 6) is 0.917. The number of hydrogen-bond acceptors (Lipinski definition) is 5. The third kappa shape index (κ3) is 2.86. The van der Waals surface area contributed by atoms with Gasteiger partial charge in [0.05, 0.1) is 5.52 Å². The molecule has 1 aromatic carbocycles. The maximum absolute atomic E-state index is 12.1. The summed E-state index contributed by atoms with van der Waals surface area (Å²) in [5, 5.41) is 3.96. The van der Waals surface area contributed by atoms with Crippen LogP contribution in [0.5, 0.6) is 0 Å². The van der Waals surface area contributed by atoms with Crippen LogP contribution in [0.25, 0.3) is 10.9 Å². The second kappa shape index (κ2) is 6.12. The highest BCUT2D eigenvalue weighted by Gasteiger charge is 2.23. The number of carbonyl (C=O) groups is 1. The molecule has 0 radical (unpaired) electrons. The van der Waals surface area contributed by atoms with Gasteiger partial charge < -0.3 is 15.0 Å². The van der Waals surface area contributed by atoms with E-state index >= 15 is 0 Å². The first-order valence-corrected chi connectivity index (χ1v) is 8.23. The van der Waals surface area contributed by atoms with Crippen LogP contribution in [0.2, 0.25) is 0 Å². The SMILES string of the molecule is O=C(Nc1ccc2c(N3CCCC3)ncnc2c1)C1CCCO1. The third-order valence-electron chi connectivity index (χ3n) is 4.51. The first-order chi connectivity index (χ1) is 11.3. The minimum absolute atomic E-state index is 0.0735. The van der Waals surface area contributed by atoms with E-state index in [9.17, 15) is 4.79 Å². The Balaban J connectivity index is 1.59. The zero-order valence-electron chi connectivity index (χ0n) is 13.0. The van der Waals surface area contributed by atoms with E-state index in [0.717, 1.165) is 48.3 Å². The summed E-state index contributed by atoms with van der Waals surface area (Å²) in [7, 11) is 0. The number of fused-ring (bicyclic) bond motifs is 1. The van der Waals surface area contributed by atoms with Crippen LogP contribution in [0.4, 0.5) is 11.5 Å². The summed E-state index contributed by atoms with van der Waals surface area (Å²) in [6, 6.07) is 5.82. The normalized spacial score (nSPS) is 21.0. The fourth-order valence-electron chi connectivity index (χ4n) is 3.31. The molecule has 0 spiro atoms. The van der Waals surface area contributed by atoms with E-state index in [-0.39, 0.29) is 12.0 Å². The average Bonchev–Trinajstić information content (AvgIpc) is 3.27. The van der Waals surface area contributed by atoms with Gasteiger partial charge >= 0.3 is 0 Å². The number of nitrogens with zero attached hydrogens (tertiary/aromatic N) is 3. The molecule has 1 N–H and O–H groups in total. The number of hydrogen-bond donors (Lipinski definition) is 1. The predicted octanol–water partition coefficient (Wildman–Crippen LogP) is 2.35. The van der Waals surface area contributed by atoms with Gasteiger partial charge in [0.2, 0.25) is 0 Å². The third-order valence-corrected chi connectivity index (χ3v) is 4.51. The number of anilines is 2. The van der Waals surface area contributed by atoms with Crippen LogP contribution in [0.1, 0.15) is 25.7 Å². The molecule has 1 atom stereocenters. The number of carbonyl (C=O) groups excluding carboxylic acids is 1. The Hall–Kier alpha value is -2.21. The molecule has 120 valence electrons. The van der Waals surface area contributed by atoms with Crippen molar-refractivity contribution in [3.63, 3.8) is 0 Å².